The summed E-state index contributed by atoms with van der Waals surface area (Å²) >= 11 is 0. The highest BCUT2D eigenvalue weighted by atomic mass is 32.2. The molecule has 0 aromatic carbocycles. The number of aliphatic hydroxyl groups excluding tert-OH is 1. The lowest BCUT2D eigenvalue weighted by molar-refractivity contribution is 0.151. The van der Waals surface area contributed by atoms with Crippen LogP contribution in [0.1, 0.15) is 31.5 Å². The van der Waals surface area contributed by atoms with Crippen LogP contribution in [0.5, 0.6) is 0 Å². The maximum atomic E-state index is 10.9. The Kier molecular flexibility index (Phi) is 3.46. The maximum absolute atomic E-state index is 10.9. The lowest BCUT2D eigenvalue weighted by atomic mass is 10.1. The lowest BCUT2D eigenvalue weighted by Gasteiger charge is -2.07. The first-order valence-electron chi connectivity index (χ1n) is 4.48. The monoisotopic (exact) mass is 234 g/mol. The van der Waals surface area contributed by atoms with Crippen molar-refractivity contribution in [2.45, 2.75) is 31.6 Å². The smallest absolute Gasteiger partial charge is 0.232 e. The standard InChI is InChI=1S/C8H14N2O4S/c1-5(6(2)11)8-9-7(10-14-8)4-15(3,12)13/h5-6,11H,4H2,1-3H3. The Morgan fingerprint density at radius 3 is 2.53 bits per heavy atom. The Bertz CT molecular complexity index is 424. The van der Waals surface area contributed by atoms with Crippen LogP contribution in [0, 0.1) is 0 Å². The highest BCUT2D eigenvalue weighted by molar-refractivity contribution is 7.89. The summed E-state index contributed by atoms with van der Waals surface area (Å²) < 4.78 is 26.7. The molecule has 0 saturated carbocycles. The van der Waals surface area contributed by atoms with Gasteiger partial charge in [-0.15, -0.1) is 0 Å². The molecule has 0 bridgehead atoms. The molecule has 1 aromatic rings. The Morgan fingerprint density at radius 2 is 2.07 bits per heavy atom. The van der Waals surface area contributed by atoms with Crippen molar-refractivity contribution in [1.29, 1.82) is 0 Å². The number of nitrogens with zero attached hydrogens (tertiary/aromatic N) is 2. The Balaban J connectivity index is 2.81. The van der Waals surface area contributed by atoms with Crippen LogP contribution in [0.3, 0.4) is 0 Å². The van der Waals surface area contributed by atoms with Crippen LogP contribution in [0.4, 0.5) is 0 Å². The minimum Gasteiger partial charge on any atom is -0.393 e. The lowest BCUT2D eigenvalue weighted by Crippen LogP contribution is -2.11. The fourth-order valence-corrected chi connectivity index (χ4v) is 1.54. The van der Waals surface area contributed by atoms with E-state index in [1.54, 1.807) is 13.8 Å². The number of aromatic nitrogens is 2. The fraction of sp³-hybridized carbons (Fsp3) is 0.750. The van der Waals surface area contributed by atoms with Crippen LogP contribution >= 0.6 is 0 Å². The Hall–Kier alpha value is -0.950. The average molecular weight is 234 g/mol. The van der Waals surface area contributed by atoms with E-state index in [4.69, 9.17) is 4.52 Å². The van der Waals surface area contributed by atoms with Gasteiger partial charge in [-0.25, -0.2) is 8.42 Å². The molecule has 2 atom stereocenters. The van der Waals surface area contributed by atoms with E-state index in [1.165, 1.54) is 0 Å². The van der Waals surface area contributed by atoms with Crippen LogP contribution in [0.2, 0.25) is 0 Å². The molecule has 2 unspecified atom stereocenters. The molecule has 1 rings (SSSR count). The van der Waals surface area contributed by atoms with Gasteiger partial charge in [-0.3, -0.25) is 0 Å². The molecule has 1 heterocycles. The highest BCUT2D eigenvalue weighted by Crippen LogP contribution is 2.17. The Morgan fingerprint density at radius 1 is 1.47 bits per heavy atom. The van der Waals surface area contributed by atoms with Gasteiger partial charge in [0.1, 0.15) is 5.75 Å². The van der Waals surface area contributed by atoms with Gasteiger partial charge in [0.25, 0.3) is 0 Å². The number of aliphatic hydroxyl groups is 1. The number of rotatable bonds is 4. The summed E-state index contributed by atoms with van der Waals surface area (Å²) in [5.74, 6) is -0.169. The van der Waals surface area contributed by atoms with E-state index in [1.807, 2.05) is 0 Å². The molecule has 0 aliphatic rings. The molecule has 0 spiro atoms. The van der Waals surface area contributed by atoms with Crippen LogP contribution in [0.25, 0.3) is 0 Å². The molecule has 1 N–H and O–H groups in total. The second-order valence-corrected chi connectivity index (χ2v) is 5.79. The van der Waals surface area contributed by atoms with E-state index < -0.39 is 15.9 Å². The number of hydrogen-bond donors (Lipinski definition) is 1. The van der Waals surface area contributed by atoms with Gasteiger partial charge in [-0.1, -0.05) is 12.1 Å². The van der Waals surface area contributed by atoms with Gasteiger partial charge in [0.2, 0.25) is 5.89 Å². The summed E-state index contributed by atoms with van der Waals surface area (Å²) in [6.45, 7) is 3.33. The zero-order valence-electron chi connectivity index (χ0n) is 8.84. The zero-order chi connectivity index (χ0) is 11.6. The molecule has 15 heavy (non-hydrogen) atoms. The van der Waals surface area contributed by atoms with Crippen molar-refractivity contribution in [3.05, 3.63) is 11.7 Å². The molecule has 0 saturated heterocycles. The first-order valence-corrected chi connectivity index (χ1v) is 6.54. The third-order valence-electron chi connectivity index (χ3n) is 1.99. The van der Waals surface area contributed by atoms with Gasteiger partial charge >= 0.3 is 0 Å². The van der Waals surface area contributed by atoms with Crippen LogP contribution in [-0.4, -0.2) is 36.0 Å². The first-order chi connectivity index (χ1) is 6.79. The zero-order valence-corrected chi connectivity index (χ0v) is 9.65. The molecule has 0 radical (unpaired) electrons. The van der Waals surface area contributed by atoms with Gasteiger partial charge in [0.05, 0.1) is 12.0 Å². The van der Waals surface area contributed by atoms with E-state index in [0.717, 1.165) is 6.26 Å². The van der Waals surface area contributed by atoms with Crippen molar-refractivity contribution in [3.63, 3.8) is 0 Å². The minimum atomic E-state index is -3.16. The van der Waals surface area contributed by atoms with Crippen molar-refractivity contribution in [1.82, 2.24) is 10.1 Å². The van der Waals surface area contributed by atoms with Crippen molar-refractivity contribution < 1.29 is 18.0 Å². The van der Waals surface area contributed by atoms with Gasteiger partial charge in [-0.2, -0.15) is 4.98 Å². The largest absolute Gasteiger partial charge is 0.393 e. The second kappa shape index (κ2) is 4.28. The van der Waals surface area contributed by atoms with Gasteiger partial charge in [0.15, 0.2) is 15.7 Å². The van der Waals surface area contributed by atoms with E-state index in [-0.39, 0.29) is 23.4 Å². The summed E-state index contributed by atoms with van der Waals surface area (Å²) in [6, 6.07) is 0. The first kappa shape index (κ1) is 12.1. The molecule has 7 heteroatoms. The molecular formula is C8H14N2O4S. The third-order valence-corrected chi connectivity index (χ3v) is 2.77. The molecule has 1 aromatic heterocycles. The summed E-state index contributed by atoms with van der Waals surface area (Å²) in [7, 11) is -3.16. The minimum absolute atomic E-state index is 0.125. The topological polar surface area (TPSA) is 93.3 Å². The van der Waals surface area contributed by atoms with E-state index in [0.29, 0.717) is 0 Å². The van der Waals surface area contributed by atoms with Gasteiger partial charge in [0, 0.05) is 6.26 Å². The van der Waals surface area contributed by atoms with E-state index >= 15 is 0 Å². The molecule has 0 aliphatic carbocycles. The van der Waals surface area contributed by atoms with Gasteiger partial charge < -0.3 is 9.63 Å². The maximum Gasteiger partial charge on any atom is 0.232 e. The quantitative estimate of drug-likeness (QED) is 0.794. The molecule has 0 fully saturated rings. The third kappa shape index (κ3) is 3.60. The summed E-state index contributed by atoms with van der Waals surface area (Å²) in [5.41, 5.74) is 0. The summed E-state index contributed by atoms with van der Waals surface area (Å²) in [6.07, 6.45) is 0.484. The van der Waals surface area contributed by atoms with Gasteiger partial charge in [-0.05, 0) is 6.92 Å². The van der Waals surface area contributed by atoms with Crippen molar-refractivity contribution in [2.75, 3.05) is 6.26 Å². The van der Waals surface area contributed by atoms with Crippen LogP contribution in [0.15, 0.2) is 4.52 Å². The average Bonchev–Trinajstić information content (AvgIpc) is 2.48. The molecular weight excluding hydrogens is 220 g/mol. The van der Waals surface area contributed by atoms with E-state index in [2.05, 4.69) is 10.1 Å². The highest BCUT2D eigenvalue weighted by Gasteiger charge is 2.20. The van der Waals surface area contributed by atoms with E-state index in [9.17, 15) is 13.5 Å². The van der Waals surface area contributed by atoms with Crippen LogP contribution < -0.4 is 0 Å². The molecule has 0 amide bonds. The second-order valence-electron chi connectivity index (χ2n) is 3.65. The summed E-state index contributed by atoms with van der Waals surface area (Å²) in [4.78, 5) is 3.90. The van der Waals surface area contributed by atoms with Crippen LogP contribution in [-0.2, 0) is 15.6 Å². The van der Waals surface area contributed by atoms with Crippen molar-refractivity contribution in [2.24, 2.45) is 0 Å². The van der Waals surface area contributed by atoms with Crippen molar-refractivity contribution >= 4 is 9.84 Å². The molecule has 86 valence electrons. The Labute approximate surface area is 88.2 Å². The SMILES string of the molecule is CC(O)C(C)c1nc(CS(C)(=O)=O)no1. The number of sulfone groups is 1. The van der Waals surface area contributed by atoms with Crippen molar-refractivity contribution in [3.8, 4) is 0 Å². The predicted molar refractivity (Wildman–Crippen MR) is 52.9 cm³/mol. The number of hydrogen-bond acceptors (Lipinski definition) is 6. The predicted octanol–water partition coefficient (Wildman–Crippen LogP) is 0.0985. The normalized spacial score (nSPS) is 16.3. The molecule has 0 aliphatic heterocycles. The fourth-order valence-electron chi connectivity index (χ4n) is 0.952. The molecule has 6 nitrogen and oxygen atoms in total. The summed E-state index contributed by atoms with van der Waals surface area (Å²) in [5, 5.41) is 12.8.